The Bertz CT molecular complexity index is 479. The maximum absolute atomic E-state index is 8.59. The molecule has 1 aromatic carbocycles. The first-order valence-electron chi connectivity index (χ1n) is 3.94. The number of nitriles is 1. The molecule has 2 rings (SSSR count). The first-order chi connectivity index (χ1) is 6.31. The monoisotopic (exact) mass is 234 g/mol. The largest absolute Gasteiger partial charge is 0.361 e. The summed E-state index contributed by atoms with van der Waals surface area (Å²) >= 11 is 3.41. The van der Waals surface area contributed by atoms with E-state index in [9.17, 15) is 0 Å². The molecule has 0 atom stereocenters. The molecule has 1 N–H and O–H groups in total. The summed E-state index contributed by atoms with van der Waals surface area (Å²) in [7, 11) is 0. The maximum Gasteiger partial charge on any atom is 0.0670 e. The van der Waals surface area contributed by atoms with Crippen LogP contribution in [0.15, 0.2) is 28.9 Å². The molecule has 0 saturated carbocycles. The van der Waals surface area contributed by atoms with E-state index in [1.807, 2.05) is 24.4 Å². The average Bonchev–Trinajstić information content (AvgIpc) is 2.49. The average molecular weight is 235 g/mol. The van der Waals surface area contributed by atoms with Crippen LogP contribution in [0.25, 0.3) is 10.9 Å². The van der Waals surface area contributed by atoms with Gasteiger partial charge in [0.2, 0.25) is 0 Å². The normalized spacial score (nSPS) is 10.2. The molecular formula is C10H7BrN2. The van der Waals surface area contributed by atoms with Gasteiger partial charge in [-0.25, -0.2) is 0 Å². The van der Waals surface area contributed by atoms with Crippen molar-refractivity contribution in [2.75, 3.05) is 0 Å². The zero-order valence-corrected chi connectivity index (χ0v) is 8.43. The summed E-state index contributed by atoms with van der Waals surface area (Å²) in [5.74, 6) is 0. The van der Waals surface area contributed by atoms with Crippen LogP contribution in [0, 0.1) is 11.3 Å². The Morgan fingerprint density at radius 3 is 3.08 bits per heavy atom. The lowest BCUT2D eigenvalue weighted by Crippen LogP contribution is -1.76. The van der Waals surface area contributed by atoms with Crippen molar-refractivity contribution in [3.05, 3.63) is 34.4 Å². The van der Waals surface area contributed by atoms with Gasteiger partial charge in [-0.15, -0.1) is 0 Å². The number of hydrogen-bond donors (Lipinski definition) is 1. The fourth-order valence-corrected chi connectivity index (χ4v) is 1.74. The Kier molecular flexibility index (Phi) is 2.07. The van der Waals surface area contributed by atoms with Gasteiger partial charge in [-0.05, 0) is 23.8 Å². The van der Waals surface area contributed by atoms with E-state index < -0.39 is 0 Å². The lowest BCUT2D eigenvalue weighted by molar-refractivity contribution is 1.28. The molecule has 3 heteroatoms. The highest BCUT2D eigenvalue weighted by molar-refractivity contribution is 9.10. The number of aromatic amines is 1. The van der Waals surface area contributed by atoms with Crippen molar-refractivity contribution in [3.8, 4) is 6.07 Å². The molecule has 13 heavy (non-hydrogen) atoms. The number of fused-ring (bicyclic) bond motifs is 1. The summed E-state index contributed by atoms with van der Waals surface area (Å²) in [5, 5.41) is 9.71. The summed E-state index contributed by atoms with van der Waals surface area (Å²) < 4.78 is 1.04. The van der Waals surface area contributed by atoms with Crippen LogP contribution in [-0.4, -0.2) is 4.98 Å². The van der Waals surface area contributed by atoms with Crippen molar-refractivity contribution >= 4 is 26.8 Å². The smallest absolute Gasteiger partial charge is 0.0670 e. The third-order valence-electron chi connectivity index (χ3n) is 2.00. The van der Waals surface area contributed by atoms with E-state index in [4.69, 9.17) is 5.26 Å². The summed E-state index contributed by atoms with van der Waals surface area (Å²) in [6.07, 6.45) is 2.34. The Hall–Kier alpha value is -1.27. The quantitative estimate of drug-likeness (QED) is 0.810. The number of benzene rings is 1. The van der Waals surface area contributed by atoms with Crippen molar-refractivity contribution in [1.82, 2.24) is 4.98 Å². The van der Waals surface area contributed by atoms with Crippen LogP contribution in [0.3, 0.4) is 0 Å². The van der Waals surface area contributed by atoms with Crippen molar-refractivity contribution in [2.45, 2.75) is 6.42 Å². The fourth-order valence-electron chi connectivity index (χ4n) is 1.38. The molecular weight excluding hydrogens is 228 g/mol. The highest BCUT2D eigenvalue weighted by Gasteiger charge is 2.02. The molecule has 0 amide bonds. The summed E-state index contributed by atoms with van der Waals surface area (Å²) in [6, 6.07) is 8.15. The zero-order valence-electron chi connectivity index (χ0n) is 6.84. The van der Waals surface area contributed by atoms with Gasteiger partial charge in [0.25, 0.3) is 0 Å². The van der Waals surface area contributed by atoms with Gasteiger partial charge in [-0.3, -0.25) is 0 Å². The minimum absolute atomic E-state index is 0.455. The second kappa shape index (κ2) is 3.23. The Morgan fingerprint density at radius 1 is 1.46 bits per heavy atom. The molecule has 2 nitrogen and oxygen atoms in total. The maximum atomic E-state index is 8.59. The van der Waals surface area contributed by atoms with Crippen LogP contribution in [0.4, 0.5) is 0 Å². The third kappa shape index (κ3) is 1.45. The number of H-pyrrole nitrogens is 1. The second-order valence-corrected chi connectivity index (χ2v) is 3.75. The molecule has 0 spiro atoms. The van der Waals surface area contributed by atoms with Gasteiger partial charge in [-0.2, -0.15) is 5.26 Å². The van der Waals surface area contributed by atoms with Crippen molar-refractivity contribution < 1.29 is 0 Å². The number of nitrogens with one attached hydrogen (secondary N) is 1. The Labute approximate surface area is 84.3 Å². The first kappa shape index (κ1) is 8.33. The lowest BCUT2D eigenvalue weighted by atomic mass is 10.1. The molecule has 64 valence electrons. The molecule has 0 radical (unpaired) electrons. The van der Waals surface area contributed by atoms with E-state index >= 15 is 0 Å². The van der Waals surface area contributed by atoms with E-state index in [0.29, 0.717) is 6.42 Å². The Morgan fingerprint density at radius 2 is 2.31 bits per heavy atom. The molecule has 0 unspecified atom stereocenters. The minimum Gasteiger partial charge on any atom is -0.361 e. The van der Waals surface area contributed by atoms with Crippen LogP contribution in [-0.2, 0) is 6.42 Å². The number of aromatic nitrogens is 1. The molecule has 0 saturated heterocycles. The number of nitrogens with zero attached hydrogens (tertiary/aromatic N) is 1. The van der Waals surface area contributed by atoms with Gasteiger partial charge in [0.1, 0.15) is 0 Å². The summed E-state index contributed by atoms with van der Waals surface area (Å²) in [6.45, 7) is 0. The van der Waals surface area contributed by atoms with Crippen molar-refractivity contribution in [1.29, 1.82) is 5.26 Å². The standard InChI is InChI=1S/C10H7BrN2/c11-8-1-2-10-9(5-8)7(3-4-12)6-13-10/h1-2,5-6,13H,3H2. The molecule has 1 heterocycles. The highest BCUT2D eigenvalue weighted by atomic mass is 79.9. The molecule has 0 aliphatic carbocycles. The van der Waals surface area contributed by atoms with E-state index in [-0.39, 0.29) is 0 Å². The third-order valence-corrected chi connectivity index (χ3v) is 2.49. The van der Waals surface area contributed by atoms with Crippen LogP contribution < -0.4 is 0 Å². The number of hydrogen-bond acceptors (Lipinski definition) is 1. The van der Waals surface area contributed by atoms with Gasteiger partial charge in [0.15, 0.2) is 0 Å². The fraction of sp³-hybridized carbons (Fsp3) is 0.100. The van der Waals surface area contributed by atoms with Gasteiger partial charge < -0.3 is 4.98 Å². The first-order valence-corrected chi connectivity index (χ1v) is 4.73. The SMILES string of the molecule is N#CCc1c[nH]c2ccc(Br)cc12. The second-order valence-electron chi connectivity index (χ2n) is 2.84. The van der Waals surface area contributed by atoms with Crippen LogP contribution >= 0.6 is 15.9 Å². The minimum atomic E-state index is 0.455. The summed E-state index contributed by atoms with van der Waals surface area (Å²) in [4.78, 5) is 3.13. The molecule has 0 aliphatic heterocycles. The van der Waals surface area contributed by atoms with Crippen molar-refractivity contribution in [3.63, 3.8) is 0 Å². The zero-order chi connectivity index (χ0) is 9.26. The predicted octanol–water partition coefficient (Wildman–Crippen LogP) is 3.00. The van der Waals surface area contributed by atoms with Crippen molar-refractivity contribution in [2.24, 2.45) is 0 Å². The predicted molar refractivity (Wildman–Crippen MR) is 55.3 cm³/mol. The van der Waals surface area contributed by atoms with Crippen LogP contribution in [0.5, 0.6) is 0 Å². The van der Waals surface area contributed by atoms with E-state index in [2.05, 4.69) is 27.0 Å². The number of halogens is 1. The van der Waals surface area contributed by atoms with Gasteiger partial charge in [-0.1, -0.05) is 15.9 Å². The van der Waals surface area contributed by atoms with Gasteiger partial charge in [0.05, 0.1) is 12.5 Å². The molecule has 0 bridgehead atoms. The van der Waals surface area contributed by atoms with Crippen LogP contribution in [0.2, 0.25) is 0 Å². The Balaban J connectivity index is 2.66. The molecule has 1 aromatic heterocycles. The topological polar surface area (TPSA) is 39.6 Å². The molecule has 0 aliphatic rings. The van der Waals surface area contributed by atoms with E-state index in [1.165, 1.54) is 0 Å². The van der Waals surface area contributed by atoms with E-state index in [0.717, 1.165) is 20.9 Å². The summed E-state index contributed by atoms with van der Waals surface area (Å²) in [5.41, 5.74) is 2.13. The molecule has 0 fully saturated rings. The van der Waals surface area contributed by atoms with E-state index in [1.54, 1.807) is 0 Å². The lowest BCUT2D eigenvalue weighted by Gasteiger charge is -1.93. The van der Waals surface area contributed by atoms with Crippen LogP contribution in [0.1, 0.15) is 5.56 Å². The number of rotatable bonds is 1. The molecule has 2 aromatic rings. The highest BCUT2D eigenvalue weighted by Crippen LogP contribution is 2.22. The van der Waals surface area contributed by atoms with Gasteiger partial charge >= 0.3 is 0 Å². The van der Waals surface area contributed by atoms with Gasteiger partial charge in [0, 0.05) is 21.6 Å².